The normalized spacial score (nSPS) is 11.5. The average Bonchev–Trinajstić information content (AvgIpc) is 2.87. The minimum absolute atomic E-state index is 0.101. The van der Waals surface area contributed by atoms with Crippen molar-refractivity contribution in [1.82, 2.24) is 9.97 Å². The first-order valence-electron chi connectivity index (χ1n) is 11.3. The number of nitrogens with one attached hydrogen (secondary N) is 2. The highest BCUT2D eigenvalue weighted by atomic mass is 19.1. The molecule has 4 aromatic rings. The van der Waals surface area contributed by atoms with Crippen LogP contribution in [0.4, 0.5) is 42.4 Å². The summed E-state index contributed by atoms with van der Waals surface area (Å²) in [7, 11) is 3.80. The Kier molecular flexibility index (Phi) is 7.39. The zero-order valence-corrected chi connectivity index (χ0v) is 20.1. The third-order valence-corrected chi connectivity index (χ3v) is 5.54. The lowest BCUT2D eigenvalue weighted by molar-refractivity contribution is 0.258. The zero-order valence-electron chi connectivity index (χ0n) is 20.1. The first-order chi connectivity index (χ1) is 17.3. The van der Waals surface area contributed by atoms with Crippen LogP contribution in [0.2, 0.25) is 0 Å². The topological polar surface area (TPSA) is 73.4 Å². The molecule has 0 saturated carbocycles. The van der Waals surface area contributed by atoms with E-state index in [0.29, 0.717) is 11.6 Å². The molecule has 9 heteroatoms. The maximum Gasteiger partial charge on any atom is 0.332 e. The highest BCUT2D eigenvalue weighted by Gasteiger charge is 2.23. The van der Waals surface area contributed by atoms with Gasteiger partial charge in [-0.1, -0.05) is 36.4 Å². The van der Waals surface area contributed by atoms with Crippen LogP contribution < -0.4 is 20.4 Å². The predicted molar refractivity (Wildman–Crippen MR) is 139 cm³/mol. The summed E-state index contributed by atoms with van der Waals surface area (Å²) in [4.78, 5) is 25.3. The molecule has 0 bridgehead atoms. The van der Waals surface area contributed by atoms with Crippen LogP contribution >= 0.6 is 0 Å². The van der Waals surface area contributed by atoms with Gasteiger partial charge >= 0.3 is 6.03 Å². The second-order valence-electron chi connectivity index (χ2n) is 8.29. The van der Waals surface area contributed by atoms with E-state index in [1.165, 1.54) is 17.2 Å². The van der Waals surface area contributed by atoms with E-state index in [0.717, 1.165) is 23.4 Å². The number of hydrogen-bond acceptors (Lipinski definition) is 5. The lowest BCUT2D eigenvalue weighted by Crippen LogP contribution is -2.32. The minimum atomic E-state index is -0.881. The van der Waals surface area contributed by atoms with Crippen molar-refractivity contribution in [3.63, 3.8) is 0 Å². The summed E-state index contributed by atoms with van der Waals surface area (Å²) >= 11 is 0. The van der Waals surface area contributed by atoms with Crippen LogP contribution in [0.1, 0.15) is 18.5 Å². The van der Waals surface area contributed by atoms with Gasteiger partial charge in [-0.2, -0.15) is 4.98 Å². The van der Waals surface area contributed by atoms with E-state index < -0.39 is 23.4 Å². The summed E-state index contributed by atoms with van der Waals surface area (Å²) in [5, 5.41) is 5.57. The number of anilines is 5. The molecule has 0 aliphatic heterocycles. The van der Waals surface area contributed by atoms with Gasteiger partial charge in [0.2, 0.25) is 5.95 Å². The second-order valence-corrected chi connectivity index (χ2v) is 8.29. The maximum atomic E-state index is 14.3. The molecule has 1 aromatic heterocycles. The molecule has 2 amide bonds. The molecule has 0 radical (unpaired) electrons. The molecule has 4 rings (SSSR count). The summed E-state index contributed by atoms with van der Waals surface area (Å²) in [6, 6.07) is 21.0. The quantitative estimate of drug-likeness (QED) is 0.317. The fourth-order valence-electron chi connectivity index (χ4n) is 3.60. The summed E-state index contributed by atoms with van der Waals surface area (Å²) < 4.78 is 28.6. The Balaban J connectivity index is 1.69. The van der Waals surface area contributed by atoms with Crippen molar-refractivity contribution in [2.45, 2.75) is 13.0 Å². The van der Waals surface area contributed by atoms with Crippen LogP contribution in [0.25, 0.3) is 0 Å². The van der Waals surface area contributed by atoms with E-state index in [1.807, 2.05) is 68.4 Å². The molecular weight excluding hydrogens is 462 g/mol. The molecule has 1 atom stereocenters. The number of amides is 2. The number of aromatic nitrogens is 2. The molecule has 1 heterocycles. The van der Waals surface area contributed by atoms with Crippen LogP contribution in [0.5, 0.6) is 0 Å². The van der Waals surface area contributed by atoms with Gasteiger partial charge in [-0.15, -0.1) is 0 Å². The van der Waals surface area contributed by atoms with E-state index in [9.17, 15) is 13.6 Å². The Labute approximate surface area is 208 Å². The van der Waals surface area contributed by atoms with Gasteiger partial charge < -0.3 is 15.5 Å². The number of halogens is 2. The standard InChI is InChI=1S/C27H26F2N6O/c1-18(19-8-5-4-6-9-19)31-26-30-17-16-24(32-26)35(21-14-12-20(13-15-21)34(2)3)27(36)33-25-22(28)10-7-11-23(25)29/h4-18H,1-3H3,(H,33,36)(H,30,31,32). The average molecular weight is 489 g/mol. The number of para-hydroxylation sites is 1. The smallest absolute Gasteiger partial charge is 0.332 e. The van der Waals surface area contributed by atoms with Gasteiger partial charge in [0.1, 0.15) is 23.1 Å². The Morgan fingerprint density at radius 3 is 2.14 bits per heavy atom. The molecule has 2 N–H and O–H groups in total. The van der Waals surface area contributed by atoms with Gasteiger partial charge in [0.25, 0.3) is 0 Å². The summed E-state index contributed by atoms with van der Waals surface area (Å²) in [5.41, 5.74) is 1.87. The number of benzene rings is 3. The highest BCUT2D eigenvalue weighted by Crippen LogP contribution is 2.29. The number of nitrogens with zero attached hydrogens (tertiary/aromatic N) is 4. The second kappa shape index (κ2) is 10.8. The molecular formula is C27H26F2N6O. The van der Waals surface area contributed by atoms with Crippen molar-refractivity contribution in [2.24, 2.45) is 0 Å². The third-order valence-electron chi connectivity index (χ3n) is 5.54. The molecule has 0 spiro atoms. The van der Waals surface area contributed by atoms with E-state index >= 15 is 0 Å². The molecule has 0 saturated heterocycles. The molecule has 3 aromatic carbocycles. The van der Waals surface area contributed by atoms with Gasteiger partial charge in [0, 0.05) is 32.0 Å². The Morgan fingerprint density at radius 2 is 1.50 bits per heavy atom. The molecule has 0 aliphatic carbocycles. The van der Waals surface area contributed by atoms with E-state index in [2.05, 4.69) is 20.6 Å². The SMILES string of the molecule is CC(Nc1nccc(N(C(=O)Nc2c(F)cccc2F)c2ccc(N(C)C)cc2)n1)c1ccccc1. The fraction of sp³-hybridized carbons (Fsp3) is 0.148. The van der Waals surface area contributed by atoms with Gasteiger partial charge in [0.05, 0.1) is 11.7 Å². The largest absolute Gasteiger partial charge is 0.378 e. The van der Waals surface area contributed by atoms with Crippen molar-refractivity contribution in [2.75, 3.05) is 34.5 Å². The lowest BCUT2D eigenvalue weighted by atomic mass is 10.1. The fourth-order valence-corrected chi connectivity index (χ4v) is 3.60. The van der Waals surface area contributed by atoms with Gasteiger partial charge in [0.15, 0.2) is 0 Å². The van der Waals surface area contributed by atoms with E-state index in [1.54, 1.807) is 18.2 Å². The van der Waals surface area contributed by atoms with Crippen LogP contribution in [0, 0.1) is 11.6 Å². The predicted octanol–water partition coefficient (Wildman–Crippen LogP) is 6.36. The number of rotatable bonds is 7. The number of hydrogen-bond donors (Lipinski definition) is 2. The highest BCUT2D eigenvalue weighted by molar-refractivity contribution is 6.06. The molecule has 0 fully saturated rings. The first kappa shape index (κ1) is 24.6. The van der Waals surface area contributed by atoms with Crippen molar-refractivity contribution in [1.29, 1.82) is 0 Å². The third kappa shape index (κ3) is 5.57. The monoisotopic (exact) mass is 488 g/mol. The molecule has 0 aliphatic rings. The Hall–Kier alpha value is -4.53. The Bertz CT molecular complexity index is 1310. The van der Waals surface area contributed by atoms with Crippen molar-refractivity contribution < 1.29 is 13.6 Å². The van der Waals surface area contributed by atoms with Crippen molar-refractivity contribution in [3.05, 3.63) is 102 Å². The van der Waals surface area contributed by atoms with E-state index in [-0.39, 0.29) is 11.9 Å². The van der Waals surface area contributed by atoms with Gasteiger partial charge in [-0.05, 0) is 48.9 Å². The van der Waals surface area contributed by atoms with Crippen LogP contribution in [0.15, 0.2) is 85.1 Å². The molecule has 184 valence electrons. The van der Waals surface area contributed by atoms with Gasteiger partial charge in [-0.25, -0.2) is 23.5 Å². The summed E-state index contributed by atoms with van der Waals surface area (Å²) in [6.07, 6.45) is 1.51. The first-order valence-corrected chi connectivity index (χ1v) is 11.3. The minimum Gasteiger partial charge on any atom is -0.378 e. The summed E-state index contributed by atoms with van der Waals surface area (Å²) in [6.45, 7) is 1.97. The van der Waals surface area contributed by atoms with E-state index in [4.69, 9.17) is 0 Å². The number of urea groups is 1. The molecule has 1 unspecified atom stereocenters. The maximum absolute atomic E-state index is 14.3. The van der Waals surface area contributed by atoms with Gasteiger partial charge in [-0.3, -0.25) is 0 Å². The molecule has 36 heavy (non-hydrogen) atoms. The zero-order chi connectivity index (χ0) is 25.7. The van der Waals surface area contributed by atoms with Crippen LogP contribution in [-0.2, 0) is 0 Å². The number of carbonyl (C=O) groups excluding carboxylic acids is 1. The molecule has 7 nitrogen and oxygen atoms in total. The lowest BCUT2D eigenvalue weighted by Gasteiger charge is -2.24. The van der Waals surface area contributed by atoms with Crippen molar-refractivity contribution in [3.8, 4) is 0 Å². The van der Waals surface area contributed by atoms with Crippen LogP contribution in [-0.4, -0.2) is 30.1 Å². The summed E-state index contributed by atoms with van der Waals surface area (Å²) in [5.74, 6) is -1.25. The Morgan fingerprint density at radius 1 is 0.861 bits per heavy atom. The van der Waals surface area contributed by atoms with Crippen LogP contribution in [0.3, 0.4) is 0 Å². The number of carbonyl (C=O) groups is 1. The van der Waals surface area contributed by atoms with Crippen molar-refractivity contribution >= 4 is 34.9 Å².